The number of methoxy groups -OCH3 is 1. The van der Waals surface area contributed by atoms with Crippen LogP contribution in [0, 0.1) is 0 Å². The van der Waals surface area contributed by atoms with E-state index in [0.29, 0.717) is 11.4 Å². The van der Waals surface area contributed by atoms with Crippen molar-refractivity contribution in [1.29, 1.82) is 0 Å². The Balaban J connectivity index is 2.17. The Morgan fingerprint density at radius 1 is 1.26 bits per heavy atom. The summed E-state index contributed by atoms with van der Waals surface area (Å²) >= 11 is 9.36. The van der Waals surface area contributed by atoms with Crippen LogP contribution in [0.1, 0.15) is 17.2 Å². The van der Waals surface area contributed by atoms with Crippen molar-refractivity contribution in [1.82, 2.24) is 0 Å². The van der Waals surface area contributed by atoms with Gasteiger partial charge in [-0.3, -0.25) is 0 Å². The second kappa shape index (κ2) is 6.42. The second-order valence-electron chi connectivity index (χ2n) is 4.27. The van der Waals surface area contributed by atoms with Gasteiger partial charge in [0.15, 0.2) is 0 Å². The monoisotopic (exact) mass is 340 g/mol. The fourth-order valence-electron chi connectivity index (χ4n) is 1.91. The predicted molar refractivity (Wildman–Crippen MR) is 80.8 cm³/mol. The van der Waals surface area contributed by atoms with Crippen molar-refractivity contribution in [3.63, 3.8) is 0 Å². The summed E-state index contributed by atoms with van der Waals surface area (Å²) in [6, 6.07) is 13.1. The summed E-state index contributed by atoms with van der Waals surface area (Å²) in [4.78, 5) is 0. The molecule has 0 saturated heterocycles. The number of rotatable bonds is 4. The Bertz CT molecular complexity index is 552. The first-order valence-corrected chi connectivity index (χ1v) is 7.02. The predicted octanol–water partition coefficient (Wildman–Crippen LogP) is 4.39. The van der Waals surface area contributed by atoms with Crippen molar-refractivity contribution >= 4 is 27.5 Å². The highest BCUT2D eigenvalue weighted by atomic mass is 79.9. The first-order valence-electron chi connectivity index (χ1n) is 5.85. The highest BCUT2D eigenvalue weighted by Gasteiger charge is 2.10. The topological polar surface area (TPSA) is 29.5 Å². The number of benzene rings is 2. The first kappa shape index (κ1) is 14.4. The summed E-state index contributed by atoms with van der Waals surface area (Å²) in [6.07, 6.45) is -0.0774. The molecule has 100 valence electrons. The average Bonchev–Trinajstić information content (AvgIpc) is 2.37. The number of ether oxygens (including phenoxy) is 1. The Morgan fingerprint density at radius 2 is 2.05 bits per heavy atom. The maximum atomic E-state index is 10.3. The maximum Gasteiger partial charge on any atom is 0.119 e. The molecule has 0 aliphatic carbocycles. The van der Waals surface area contributed by atoms with Gasteiger partial charge in [0.2, 0.25) is 0 Å². The molecule has 0 radical (unpaired) electrons. The lowest BCUT2D eigenvalue weighted by Gasteiger charge is -2.13. The van der Waals surface area contributed by atoms with E-state index in [1.165, 1.54) is 0 Å². The van der Waals surface area contributed by atoms with Crippen LogP contribution in [0.15, 0.2) is 46.9 Å². The molecule has 0 amide bonds. The fraction of sp³-hybridized carbons (Fsp3) is 0.200. The van der Waals surface area contributed by atoms with Gasteiger partial charge in [0.05, 0.1) is 13.2 Å². The molecule has 0 heterocycles. The standard InChI is InChI=1S/C15H14BrClO2/c1-19-14-4-2-3-10(5-14)6-15(18)11-7-12(16)9-13(17)8-11/h2-5,7-9,15,18H,6H2,1H3. The van der Waals surface area contributed by atoms with Crippen LogP contribution < -0.4 is 4.74 Å². The zero-order chi connectivity index (χ0) is 13.8. The van der Waals surface area contributed by atoms with E-state index in [2.05, 4.69) is 15.9 Å². The Labute approximate surface area is 126 Å². The number of aliphatic hydroxyl groups excluding tert-OH is 1. The van der Waals surface area contributed by atoms with E-state index in [4.69, 9.17) is 16.3 Å². The molecule has 1 N–H and O–H groups in total. The van der Waals surface area contributed by atoms with Gasteiger partial charge in [-0.05, 0) is 41.5 Å². The highest BCUT2D eigenvalue weighted by Crippen LogP contribution is 2.26. The summed E-state index contributed by atoms with van der Waals surface area (Å²) in [5.41, 5.74) is 1.81. The molecule has 0 fully saturated rings. The van der Waals surface area contributed by atoms with Crippen molar-refractivity contribution in [2.45, 2.75) is 12.5 Å². The number of hydrogen-bond donors (Lipinski definition) is 1. The van der Waals surface area contributed by atoms with Gasteiger partial charge in [-0.1, -0.05) is 39.7 Å². The molecule has 1 atom stereocenters. The van der Waals surface area contributed by atoms with Crippen LogP contribution in [0.4, 0.5) is 0 Å². The molecule has 0 aliphatic rings. The van der Waals surface area contributed by atoms with Gasteiger partial charge >= 0.3 is 0 Å². The minimum atomic E-state index is -0.595. The van der Waals surface area contributed by atoms with Crippen LogP contribution in [0.5, 0.6) is 5.75 Å². The lowest BCUT2D eigenvalue weighted by Crippen LogP contribution is -2.02. The third-order valence-electron chi connectivity index (χ3n) is 2.83. The lowest BCUT2D eigenvalue weighted by molar-refractivity contribution is 0.178. The minimum Gasteiger partial charge on any atom is -0.497 e. The van der Waals surface area contributed by atoms with E-state index in [0.717, 1.165) is 21.3 Å². The second-order valence-corrected chi connectivity index (χ2v) is 5.63. The van der Waals surface area contributed by atoms with E-state index >= 15 is 0 Å². The quantitative estimate of drug-likeness (QED) is 0.894. The van der Waals surface area contributed by atoms with Crippen LogP contribution in [0.3, 0.4) is 0 Å². The SMILES string of the molecule is COc1cccc(CC(O)c2cc(Cl)cc(Br)c2)c1. The van der Waals surface area contributed by atoms with Gasteiger partial charge in [-0.2, -0.15) is 0 Å². The van der Waals surface area contributed by atoms with E-state index in [-0.39, 0.29) is 0 Å². The normalized spacial score (nSPS) is 12.2. The van der Waals surface area contributed by atoms with Gasteiger partial charge in [-0.25, -0.2) is 0 Å². The van der Waals surface area contributed by atoms with Crippen LogP contribution >= 0.6 is 27.5 Å². The van der Waals surface area contributed by atoms with Crippen molar-refractivity contribution in [2.75, 3.05) is 7.11 Å². The molecule has 19 heavy (non-hydrogen) atoms. The van der Waals surface area contributed by atoms with E-state index in [9.17, 15) is 5.11 Å². The van der Waals surface area contributed by atoms with Crippen molar-refractivity contribution in [3.05, 3.63) is 63.1 Å². The van der Waals surface area contributed by atoms with Crippen molar-refractivity contribution in [3.8, 4) is 5.75 Å². The highest BCUT2D eigenvalue weighted by molar-refractivity contribution is 9.10. The van der Waals surface area contributed by atoms with E-state index < -0.39 is 6.10 Å². The molecular formula is C15H14BrClO2. The maximum absolute atomic E-state index is 10.3. The van der Waals surface area contributed by atoms with Gasteiger partial charge in [-0.15, -0.1) is 0 Å². The summed E-state index contributed by atoms with van der Waals surface area (Å²) in [6.45, 7) is 0. The molecule has 2 aromatic carbocycles. The molecule has 0 aromatic heterocycles. The minimum absolute atomic E-state index is 0.518. The van der Waals surface area contributed by atoms with Crippen LogP contribution in [0.25, 0.3) is 0 Å². The molecule has 0 bridgehead atoms. The van der Waals surface area contributed by atoms with Gasteiger partial charge in [0.25, 0.3) is 0 Å². The van der Waals surface area contributed by atoms with E-state index in [1.807, 2.05) is 30.3 Å². The van der Waals surface area contributed by atoms with Gasteiger partial charge in [0.1, 0.15) is 5.75 Å². The number of aliphatic hydroxyl groups is 1. The largest absolute Gasteiger partial charge is 0.497 e. The van der Waals surface area contributed by atoms with Crippen LogP contribution in [-0.2, 0) is 6.42 Å². The van der Waals surface area contributed by atoms with Gasteiger partial charge < -0.3 is 9.84 Å². The Morgan fingerprint density at radius 3 is 2.74 bits per heavy atom. The molecule has 2 nitrogen and oxygen atoms in total. The zero-order valence-electron chi connectivity index (χ0n) is 10.4. The van der Waals surface area contributed by atoms with E-state index in [1.54, 1.807) is 19.2 Å². The smallest absolute Gasteiger partial charge is 0.119 e. The Hall–Kier alpha value is -1.03. The number of hydrogen-bond acceptors (Lipinski definition) is 2. The molecule has 2 rings (SSSR count). The molecule has 1 unspecified atom stereocenters. The summed E-state index contributed by atoms with van der Waals surface area (Å²) in [7, 11) is 1.63. The number of halogens is 2. The third kappa shape index (κ3) is 3.96. The fourth-order valence-corrected chi connectivity index (χ4v) is 2.79. The third-order valence-corrected chi connectivity index (χ3v) is 3.51. The van der Waals surface area contributed by atoms with Crippen molar-refractivity contribution in [2.24, 2.45) is 0 Å². The van der Waals surface area contributed by atoms with Gasteiger partial charge in [0, 0.05) is 15.9 Å². The van der Waals surface area contributed by atoms with Crippen molar-refractivity contribution < 1.29 is 9.84 Å². The molecule has 0 spiro atoms. The molecule has 0 saturated carbocycles. The molecule has 4 heteroatoms. The summed E-state index contributed by atoms with van der Waals surface area (Å²) in [5.74, 6) is 0.789. The molecular weight excluding hydrogens is 328 g/mol. The average molecular weight is 342 g/mol. The lowest BCUT2D eigenvalue weighted by atomic mass is 10.0. The first-order chi connectivity index (χ1) is 9.08. The van der Waals surface area contributed by atoms with Crippen LogP contribution in [-0.4, -0.2) is 12.2 Å². The summed E-state index contributed by atoms with van der Waals surface area (Å²) < 4.78 is 6.03. The zero-order valence-corrected chi connectivity index (χ0v) is 12.8. The molecule has 0 aliphatic heterocycles. The Kier molecular flexibility index (Phi) is 4.86. The summed E-state index contributed by atoms with van der Waals surface area (Å²) in [5, 5.41) is 10.9. The molecule has 2 aromatic rings. The van der Waals surface area contributed by atoms with Crippen LogP contribution in [0.2, 0.25) is 5.02 Å².